The topological polar surface area (TPSA) is 109 Å². The third-order valence-electron chi connectivity index (χ3n) is 6.31. The van der Waals surface area contributed by atoms with Gasteiger partial charge in [0.1, 0.15) is 29.2 Å². The number of amides is 1. The Morgan fingerprint density at radius 1 is 0.927 bits per heavy atom. The van der Waals surface area contributed by atoms with E-state index in [9.17, 15) is 14.4 Å². The number of hydrogen-bond acceptors (Lipinski definition) is 8. The Labute approximate surface area is 242 Å². The van der Waals surface area contributed by atoms with Crippen LogP contribution < -0.4 is 10.1 Å². The molecule has 212 valence electrons. The van der Waals surface area contributed by atoms with Gasteiger partial charge in [-0.05, 0) is 48.6 Å². The lowest BCUT2D eigenvalue weighted by molar-refractivity contribution is -0.144. The van der Waals surface area contributed by atoms with E-state index in [0.717, 1.165) is 11.1 Å². The molecule has 2 atom stereocenters. The van der Waals surface area contributed by atoms with Crippen molar-refractivity contribution in [3.05, 3.63) is 114 Å². The zero-order valence-electron chi connectivity index (χ0n) is 23.0. The van der Waals surface area contributed by atoms with E-state index in [4.69, 9.17) is 19.2 Å². The van der Waals surface area contributed by atoms with Crippen LogP contribution in [0.1, 0.15) is 46.3 Å². The van der Waals surface area contributed by atoms with E-state index in [1.165, 1.54) is 18.9 Å². The summed E-state index contributed by atoms with van der Waals surface area (Å²) in [5, 5.41) is 3.60. The molecule has 10 heteroatoms. The number of methoxy groups -OCH3 is 1. The Balaban J connectivity index is 1.56. The van der Waals surface area contributed by atoms with Crippen molar-refractivity contribution in [1.29, 1.82) is 0 Å². The fourth-order valence-corrected chi connectivity index (χ4v) is 4.52. The summed E-state index contributed by atoms with van der Waals surface area (Å²) in [6, 6.07) is 23.8. The van der Waals surface area contributed by atoms with Gasteiger partial charge in [0.2, 0.25) is 0 Å². The van der Waals surface area contributed by atoms with Crippen molar-refractivity contribution in [3.63, 3.8) is 0 Å². The summed E-state index contributed by atoms with van der Waals surface area (Å²) >= 11 is 1.42. The molecule has 4 rings (SSSR count). The SMILES string of the molecule is COC(=O)[C@H](C)n1cc(SC)nc1[C@H](Cc1ccc(OC(=O)c2ccccc2)cc1)NC(=O)OCc1ccccc1. The fraction of sp³-hybridized carbons (Fsp3) is 0.226. The molecule has 0 aliphatic rings. The molecule has 41 heavy (non-hydrogen) atoms. The van der Waals surface area contributed by atoms with Crippen LogP contribution in [-0.4, -0.2) is 40.9 Å². The van der Waals surface area contributed by atoms with Crippen LogP contribution in [0.2, 0.25) is 0 Å². The summed E-state index contributed by atoms with van der Waals surface area (Å²) in [7, 11) is 1.33. The lowest BCUT2D eigenvalue weighted by Gasteiger charge is -2.22. The molecule has 1 aromatic heterocycles. The van der Waals surface area contributed by atoms with Gasteiger partial charge in [0.05, 0.1) is 18.7 Å². The van der Waals surface area contributed by atoms with Crippen LogP contribution in [0.25, 0.3) is 0 Å². The number of thioether (sulfide) groups is 1. The Morgan fingerprint density at radius 2 is 1.59 bits per heavy atom. The van der Waals surface area contributed by atoms with Crippen LogP contribution in [0.3, 0.4) is 0 Å². The summed E-state index contributed by atoms with van der Waals surface area (Å²) in [6.45, 7) is 1.81. The quantitative estimate of drug-likeness (QED) is 0.137. The van der Waals surface area contributed by atoms with Crippen molar-refractivity contribution in [1.82, 2.24) is 14.9 Å². The summed E-state index contributed by atoms with van der Waals surface area (Å²) in [4.78, 5) is 42.5. The van der Waals surface area contributed by atoms with Crippen LogP contribution in [-0.2, 0) is 27.3 Å². The number of ether oxygens (including phenoxy) is 3. The minimum atomic E-state index is -0.673. The number of alkyl carbamates (subject to hydrolysis) is 1. The second-order valence-electron chi connectivity index (χ2n) is 9.11. The van der Waals surface area contributed by atoms with Crippen LogP contribution in [0, 0.1) is 0 Å². The first kappa shape index (κ1) is 29.4. The van der Waals surface area contributed by atoms with Gasteiger partial charge in [0, 0.05) is 12.6 Å². The Hall–Kier alpha value is -4.57. The summed E-state index contributed by atoms with van der Waals surface area (Å²) in [6.07, 6.45) is 3.34. The maximum atomic E-state index is 12.9. The van der Waals surface area contributed by atoms with Gasteiger partial charge in [0.15, 0.2) is 0 Å². The first-order chi connectivity index (χ1) is 19.9. The zero-order chi connectivity index (χ0) is 29.2. The molecule has 0 radical (unpaired) electrons. The van der Waals surface area contributed by atoms with Crippen LogP contribution in [0.5, 0.6) is 5.75 Å². The van der Waals surface area contributed by atoms with Gasteiger partial charge in [-0.25, -0.2) is 19.4 Å². The number of esters is 2. The van der Waals surface area contributed by atoms with E-state index in [1.807, 2.05) is 54.8 Å². The van der Waals surface area contributed by atoms with Crippen molar-refractivity contribution in [2.45, 2.75) is 37.1 Å². The zero-order valence-corrected chi connectivity index (χ0v) is 23.8. The summed E-state index contributed by atoms with van der Waals surface area (Å²) in [5.74, 6) is -0.0304. The molecule has 0 saturated carbocycles. The highest BCUT2D eigenvalue weighted by molar-refractivity contribution is 7.98. The first-order valence-corrected chi connectivity index (χ1v) is 14.1. The highest BCUT2D eigenvalue weighted by Gasteiger charge is 2.27. The molecule has 1 heterocycles. The van der Waals surface area contributed by atoms with Crippen molar-refractivity contribution >= 4 is 29.8 Å². The molecule has 0 unspecified atom stereocenters. The molecule has 0 aliphatic heterocycles. The lowest BCUT2D eigenvalue weighted by atomic mass is 10.0. The molecule has 0 aliphatic carbocycles. The average Bonchev–Trinajstić information content (AvgIpc) is 3.45. The van der Waals surface area contributed by atoms with Gasteiger partial charge in [0.25, 0.3) is 0 Å². The number of benzene rings is 3. The molecule has 9 nitrogen and oxygen atoms in total. The molecular formula is C31H31N3O6S. The van der Waals surface area contributed by atoms with Crippen LogP contribution in [0.15, 0.2) is 96.2 Å². The second-order valence-corrected chi connectivity index (χ2v) is 9.94. The highest BCUT2D eigenvalue weighted by atomic mass is 32.2. The summed E-state index contributed by atoms with van der Waals surface area (Å²) < 4.78 is 17.6. The standard InChI is InChI=1S/C31H31N3O6S/c1-21(29(35)38-2)34-19-27(41-3)33-28(34)26(32-31(37)39-20-23-10-6-4-7-11-23)18-22-14-16-25(17-15-22)40-30(36)24-12-8-5-9-13-24/h4-17,19,21,26H,18,20H2,1-3H3,(H,32,37)/t21-,26-/m0/s1. The number of hydrogen-bond donors (Lipinski definition) is 1. The molecule has 4 aromatic rings. The monoisotopic (exact) mass is 573 g/mol. The van der Waals surface area contributed by atoms with Crippen LogP contribution in [0.4, 0.5) is 4.79 Å². The fourth-order valence-electron chi connectivity index (χ4n) is 4.12. The van der Waals surface area contributed by atoms with Gasteiger partial charge < -0.3 is 24.1 Å². The van der Waals surface area contributed by atoms with Crippen molar-refractivity contribution in [2.24, 2.45) is 0 Å². The molecule has 0 fully saturated rings. The molecule has 0 saturated heterocycles. The smallest absolute Gasteiger partial charge is 0.408 e. The van der Waals surface area contributed by atoms with E-state index in [0.29, 0.717) is 28.6 Å². The largest absolute Gasteiger partial charge is 0.467 e. The van der Waals surface area contributed by atoms with Crippen molar-refractivity contribution in [3.8, 4) is 5.75 Å². The summed E-state index contributed by atoms with van der Waals surface area (Å²) in [5.41, 5.74) is 2.14. The predicted molar refractivity (Wildman–Crippen MR) is 155 cm³/mol. The van der Waals surface area contributed by atoms with E-state index in [1.54, 1.807) is 54.1 Å². The number of imidazole rings is 1. The Morgan fingerprint density at radius 3 is 2.22 bits per heavy atom. The van der Waals surface area contributed by atoms with E-state index >= 15 is 0 Å². The van der Waals surface area contributed by atoms with Crippen molar-refractivity contribution < 1.29 is 28.6 Å². The molecule has 1 amide bonds. The van der Waals surface area contributed by atoms with Gasteiger partial charge >= 0.3 is 18.0 Å². The average molecular weight is 574 g/mol. The number of carbonyl (C=O) groups is 3. The van der Waals surface area contributed by atoms with Crippen molar-refractivity contribution in [2.75, 3.05) is 13.4 Å². The van der Waals surface area contributed by atoms with Gasteiger partial charge in [-0.3, -0.25) is 0 Å². The maximum absolute atomic E-state index is 12.9. The van der Waals surface area contributed by atoms with Gasteiger partial charge in [-0.1, -0.05) is 60.7 Å². The Kier molecular flexibility index (Phi) is 10.2. The number of nitrogens with zero attached hydrogens (tertiary/aromatic N) is 2. The second kappa shape index (κ2) is 14.2. The Bertz CT molecular complexity index is 1460. The molecule has 3 aromatic carbocycles. The first-order valence-electron chi connectivity index (χ1n) is 12.9. The van der Waals surface area contributed by atoms with Gasteiger partial charge in [-0.2, -0.15) is 0 Å². The maximum Gasteiger partial charge on any atom is 0.408 e. The van der Waals surface area contributed by atoms with Crippen LogP contribution >= 0.6 is 11.8 Å². The molecular weight excluding hydrogens is 542 g/mol. The molecule has 1 N–H and O–H groups in total. The predicted octanol–water partition coefficient (Wildman–Crippen LogP) is 5.77. The van der Waals surface area contributed by atoms with E-state index < -0.39 is 30.1 Å². The lowest BCUT2D eigenvalue weighted by Crippen LogP contribution is -2.33. The van der Waals surface area contributed by atoms with E-state index in [-0.39, 0.29) is 6.61 Å². The highest BCUT2D eigenvalue weighted by Crippen LogP contribution is 2.27. The third kappa shape index (κ3) is 7.98. The number of nitrogens with one attached hydrogen (secondary N) is 1. The number of carbonyl (C=O) groups excluding carboxylic acids is 3. The van der Waals surface area contributed by atoms with Gasteiger partial charge in [-0.15, -0.1) is 11.8 Å². The van der Waals surface area contributed by atoms with E-state index in [2.05, 4.69) is 5.32 Å². The minimum Gasteiger partial charge on any atom is -0.467 e. The number of rotatable bonds is 11. The molecule has 0 spiro atoms. The number of aromatic nitrogens is 2. The normalized spacial score (nSPS) is 12.2. The third-order valence-corrected chi connectivity index (χ3v) is 6.92. The minimum absolute atomic E-state index is 0.101. The molecule has 0 bridgehead atoms.